The Balaban J connectivity index is -0.000000396. The number of carboxylic acids is 3. The zero-order valence-electron chi connectivity index (χ0n) is 40.5. The van der Waals surface area contributed by atoms with Gasteiger partial charge in [0.1, 0.15) is 0 Å². The van der Waals surface area contributed by atoms with Crippen molar-refractivity contribution >= 4 is 17.9 Å². The fourth-order valence-electron chi connectivity index (χ4n) is 7.02. The van der Waals surface area contributed by atoms with Gasteiger partial charge in [-0.25, -0.2) is 0 Å². The number of carboxylic acid groups (broad SMARTS) is 3. The minimum atomic E-state index is -0.914. The summed E-state index contributed by atoms with van der Waals surface area (Å²) in [5.41, 5.74) is 0. The number of carbonyl (C=O) groups is 3. The maximum Gasteiger partial charge on any atom is 2.00 e. The Kier molecular flexibility index (Phi) is 67.3. The predicted molar refractivity (Wildman–Crippen MR) is 253 cm³/mol. The number of unbranched alkanes of at least 4 members (excludes halogenated alkanes) is 33. The second-order valence-electron chi connectivity index (χ2n) is 17.1. The van der Waals surface area contributed by atoms with Crippen molar-refractivity contribution in [3.05, 3.63) is 36.5 Å². The van der Waals surface area contributed by atoms with E-state index in [1.807, 2.05) is 0 Å². The molecule has 0 saturated carbocycles. The van der Waals surface area contributed by atoms with Crippen LogP contribution in [0.15, 0.2) is 36.5 Å². The van der Waals surface area contributed by atoms with Crippen LogP contribution in [-0.2, 0) is 31.7 Å². The van der Waals surface area contributed by atoms with Gasteiger partial charge in [-0.15, -0.1) is 0 Å². The van der Waals surface area contributed by atoms with Gasteiger partial charge >= 0.3 is 17.4 Å². The van der Waals surface area contributed by atoms with Gasteiger partial charge in [-0.05, 0) is 116 Å². The predicted octanol–water partition coefficient (Wildman–Crippen LogP) is 14.3. The van der Waals surface area contributed by atoms with Crippen LogP contribution in [0.2, 0.25) is 0 Å². The van der Waals surface area contributed by atoms with Crippen LogP contribution in [0.1, 0.15) is 290 Å². The molecule has 0 fully saturated rings. The molecule has 0 aliphatic rings. The molecule has 0 spiro atoms. The standard InChI is InChI=1S/3C18H34O2.Cr/c3*1-2-3-4-5-6-7-8-9-10-11-12-13-14-15-16-17-18(19)20;/h3*9-10H,2-8,11-17H2,1H3,(H,19,20);/q;;;+2/p-3/b3*10-9-;. The summed E-state index contributed by atoms with van der Waals surface area (Å²) in [6, 6.07) is 0. The molecule has 0 rings (SSSR count). The molecule has 0 amide bonds. The van der Waals surface area contributed by atoms with E-state index in [2.05, 4.69) is 57.2 Å². The molecule has 0 atom stereocenters. The van der Waals surface area contributed by atoms with Gasteiger partial charge in [0.15, 0.2) is 0 Å². The molecule has 0 radical (unpaired) electrons. The first-order valence-electron chi connectivity index (χ1n) is 25.9. The Labute approximate surface area is 390 Å². The van der Waals surface area contributed by atoms with E-state index in [4.69, 9.17) is 0 Å². The van der Waals surface area contributed by atoms with Crippen LogP contribution in [0.3, 0.4) is 0 Å². The Morgan fingerprint density at radius 1 is 0.262 bits per heavy atom. The molecule has 358 valence electrons. The van der Waals surface area contributed by atoms with E-state index in [0.29, 0.717) is 0 Å². The maximum atomic E-state index is 10.2. The molecule has 0 saturated heterocycles. The number of carbonyl (C=O) groups excluding carboxylic acids is 3. The number of rotatable bonds is 45. The minimum Gasteiger partial charge on any atom is -0.550 e. The van der Waals surface area contributed by atoms with Gasteiger partial charge in [-0.1, -0.05) is 211 Å². The summed E-state index contributed by atoms with van der Waals surface area (Å²) in [5, 5.41) is 30.6. The average Bonchev–Trinajstić information content (AvgIpc) is 3.22. The van der Waals surface area contributed by atoms with Crippen molar-refractivity contribution in [3.63, 3.8) is 0 Å². The normalized spacial score (nSPS) is 11.1. The van der Waals surface area contributed by atoms with E-state index in [0.717, 1.165) is 57.8 Å². The monoisotopic (exact) mass is 896 g/mol. The molecular formula is C54H99CrO6-. The molecule has 61 heavy (non-hydrogen) atoms. The van der Waals surface area contributed by atoms with Crippen molar-refractivity contribution in [2.24, 2.45) is 0 Å². The molecule has 0 aromatic rings. The molecule has 7 heteroatoms. The fraction of sp³-hybridized carbons (Fsp3) is 0.833. The zero-order valence-corrected chi connectivity index (χ0v) is 41.8. The zero-order chi connectivity index (χ0) is 44.7. The molecular weight excluding hydrogens is 797 g/mol. The van der Waals surface area contributed by atoms with E-state index in [-0.39, 0.29) is 36.6 Å². The minimum absolute atomic E-state index is 0. The Morgan fingerprint density at radius 3 is 0.574 bits per heavy atom. The summed E-state index contributed by atoms with van der Waals surface area (Å²) in [5.74, 6) is -2.74. The molecule has 0 unspecified atom stereocenters. The first-order chi connectivity index (χ1) is 29.3. The van der Waals surface area contributed by atoms with Crippen LogP contribution in [0.25, 0.3) is 0 Å². The number of aliphatic carboxylic acids is 3. The van der Waals surface area contributed by atoms with Crippen LogP contribution in [-0.4, -0.2) is 17.9 Å². The van der Waals surface area contributed by atoms with Crippen molar-refractivity contribution < 1.29 is 47.1 Å². The van der Waals surface area contributed by atoms with Crippen molar-refractivity contribution in [2.75, 3.05) is 0 Å². The SMILES string of the molecule is CCCCCCCC/C=C\CCCCCCCC(=O)[O-].CCCCCCCC/C=C\CCCCCCCC(=O)[O-].CCCCCCCC/C=C\CCCCCCCC(=O)[O-].[Cr+2]. The van der Waals surface area contributed by atoms with Crippen LogP contribution in [0.5, 0.6) is 0 Å². The summed E-state index contributed by atoms with van der Waals surface area (Å²) in [6.45, 7) is 6.77. The summed E-state index contributed by atoms with van der Waals surface area (Å²) in [4.78, 5) is 30.6. The third-order valence-corrected chi connectivity index (χ3v) is 10.9. The molecule has 6 nitrogen and oxygen atoms in total. The van der Waals surface area contributed by atoms with Crippen LogP contribution < -0.4 is 15.3 Å². The van der Waals surface area contributed by atoms with Crippen LogP contribution in [0, 0.1) is 0 Å². The van der Waals surface area contributed by atoms with Gasteiger partial charge in [0, 0.05) is 17.9 Å². The average molecular weight is 896 g/mol. The third kappa shape index (κ3) is 75.9. The van der Waals surface area contributed by atoms with Crippen LogP contribution in [0.4, 0.5) is 0 Å². The van der Waals surface area contributed by atoms with Gasteiger partial charge in [-0.3, -0.25) is 0 Å². The molecule has 0 aromatic carbocycles. The number of allylic oxidation sites excluding steroid dienone is 6. The summed E-state index contributed by atoms with van der Waals surface area (Å²) >= 11 is 0. The largest absolute Gasteiger partial charge is 2.00 e. The topological polar surface area (TPSA) is 120 Å². The smallest absolute Gasteiger partial charge is 0.550 e. The summed E-state index contributed by atoms with van der Waals surface area (Å²) < 4.78 is 0. The van der Waals surface area contributed by atoms with Gasteiger partial charge in [-0.2, -0.15) is 0 Å². The first kappa shape index (κ1) is 65.8. The molecule has 0 bridgehead atoms. The van der Waals surface area contributed by atoms with Crippen molar-refractivity contribution in [1.82, 2.24) is 0 Å². The summed E-state index contributed by atoms with van der Waals surface area (Å²) in [7, 11) is 0. The Bertz CT molecular complexity index is 827. The van der Waals surface area contributed by atoms with Crippen LogP contribution >= 0.6 is 0 Å². The van der Waals surface area contributed by atoms with E-state index in [1.54, 1.807) is 0 Å². The molecule has 0 heterocycles. The number of hydrogen-bond acceptors (Lipinski definition) is 6. The third-order valence-electron chi connectivity index (χ3n) is 10.9. The van der Waals surface area contributed by atoms with Gasteiger partial charge in [0.25, 0.3) is 0 Å². The van der Waals surface area contributed by atoms with Gasteiger partial charge < -0.3 is 29.7 Å². The van der Waals surface area contributed by atoms with E-state index >= 15 is 0 Å². The molecule has 0 aliphatic carbocycles. The second-order valence-corrected chi connectivity index (χ2v) is 17.1. The Hall–Kier alpha value is -1.84. The quantitative estimate of drug-likeness (QED) is 0.0443. The van der Waals surface area contributed by atoms with E-state index in [9.17, 15) is 29.7 Å². The molecule has 0 aliphatic heterocycles. The van der Waals surface area contributed by atoms with Crippen molar-refractivity contribution in [3.8, 4) is 0 Å². The summed E-state index contributed by atoms with van der Waals surface area (Å²) in [6.07, 6.45) is 62.7. The van der Waals surface area contributed by atoms with E-state index < -0.39 is 17.9 Å². The second kappa shape index (κ2) is 62.5. The van der Waals surface area contributed by atoms with Crippen molar-refractivity contribution in [1.29, 1.82) is 0 Å². The van der Waals surface area contributed by atoms with E-state index in [1.165, 1.54) is 193 Å². The fourth-order valence-corrected chi connectivity index (χ4v) is 7.02. The number of hydrogen-bond donors (Lipinski definition) is 0. The molecule has 0 aromatic heterocycles. The van der Waals surface area contributed by atoms with Crippen molar-refractivity contribution in [2.45, 2.75) is 290 Å². The Morgan fingerprint density at radius 2 is 0.410 bits per heavy atom. The maximum absolute atomic E-state index is 10.2. The van der Waals surface area contributed by atoms with Gasteiger partial charge in [0.2, 0.25) is 0 Å². The molecule has 0 N–H and O–H groups in total. The first-order valence-corrected chi connectivity index (χ1v) is 25.9. The van der Waals surface area contributed by atoms with Gasteiger partial charge in [0.05, 0.1) is 0 Å².